The minimum absolute atomic E-state index is 0.995. The van der Waals surface area contributed by atoms with E-state index in [1.807, 2.05) is 12.3 Å². The van der Waals surface area contributed by atoms with Gasteiger partial charge in [-0.1, -0.05) is 0 Å². The molecule has 10 heavy (non-hydrogen) atoms. The highest BCUT2D eigenvalue weighted by Gasteiger charge is 1.93. The van der Waals surface area contributed by atoms with Gasteiger partial charge in [-0.15, -0.1) is 11.3 Å². The van der Waals surface area contributed by atoms with Crippen molar-refractivity contribution < 1.29 is 4.74 Å². The number of hydrogen-bond donors (Lipinski definition) is 0. The Bertz CT molecular complexity index is 176. The van der Waals surface area contributed by atoms with E-state index < -0.39 is 0 Å². The predicted molar refractivity (Wildman–Crippen MR) is 63.6 cm³/mol. The lowest BCUT2D eigenvalue weighted by atomic mass is 10.4. The molecule has 1 aromatic rings. The molecule has 0 aliphatic rings. The Balaban J connectivity index is 0.000000371. The summed E-state index contributed by atoms with van der Waals surface area (Å²) in [5, 5.41) is 4.06. The third-order valence-corrected chi connectivity index (χ3v) is 1.87. The van der Waals surface area contributed by atoms with Crippen molar-refractivity contribution in [3.63, 3.8) is 0 Å². The number of aryl methyl sites for hydroxylation is 1. The van der Waals surface area contributed by atoms with Gasteiger partial charge in [-0.05, 0) is 12.3 Å². The Hall–Kier alpha value is 0.960. The molecule has 0 bridgehead atoms. The van der Waals surface area contributed by atoms with Crippen molar-refractivity contribution in [2.75, 3.05) is 7.11 Å². The van der Waals surface area contributed by atoms with E-state index in [1.165, 1.54) is 5.56 Å². The summed E-state index contributed by atoms with van der Waals surface area (Å²) in [6, 6.07) is 0. The molecule has 0 radical (unpaired) electrons. The lowest BCUT2D eigenvalue weighted by molar-refractivity contribution is 0.414. The predicted octanol–water partition coefficient (Wildman–Crippen LogP) is 3.84. The lowest BCUT2D eigenvalue weighted by Gasteiger charge is -1.92. The van der Waals surface area contributed by atoms with Gasteiger partial charge in [0.2, 0.25) is 0 Å². The van der Waals surface area contributed by atoms with Crippen LogP contribution < -0.4 is 4.74 Å². The summed E-state index contributed by atoms with van der Waals surface area (Å²) in [5.74, 6) is 0.995. The van der Waals surface area contributed by atoms with Crippen molar-refractivity contribution in [1.29, 1.82) is 0 Å². The van der Waals surface area contributed by atoms with Crippen molar-refractivity contribution in [1.82, 2.24) is 0 Å². The summed E-state index contributed by atoms with van der Waals surface area (Å²) in [6.07, 6.45) is 0. The summed E-state index contributed by atoms with van der Waals surface area (Å²) in [6.45, 7) is 2.04. The number of rotatable bonds is 1. The zero-order valence-electron chi connectivity index (χ0n) is 5.73. The van der Waals surface area contributed by atoms with Crippen LogP contribution in [0.4, 0.5) is 0 Å². The number of ether oxygens (including phenoxy) is 1. The number of halogens is 2. The average molecular weight is 382 g/mol. The highest BCUT2D eigenvalue weighted by atomic mass is 128. The second-order valence-corrected chi connectivity index (χ2v) is 2.37. The van der Waals surface area contributed by atoms with Gasteiger partial charge in [0.05, 0.1) is 7.11 Å². The van der Waals surface area contributed by atoms with Crippen LogP contribution in [0, 0.1) is 6.92 Å². The summed E-state index contributed by atoms with van der Waals surface area (Å²) in [5.41, 5.74) is 1.22. The van der Waals surface area contributed by atoms with E-state index in [2.05, 4.69) is 42.6 Å². The monoisotopic (exact) mass is 382 g/mol. The topological polar surface area (TPSA) is 9.23 Å². The van der Waals surface area contributed by atoms with Crippen molar-refractivity contribution in [3.8, 4) is 5.75 Å². The van der Waals surface area contributed by atoms with Gasteiger partial charge >= 0.3 is 0 Å². The molecule has 0 unspecified atom stereocenters. The Kier molecular flexibility index (Phi) is 7.30. The summed E-state index contributed by atoms with van der Waals surface area (Å²) in [4.78, 5) is 0. The molecule has 1 rings (SSSR count). The molecule has 0 saturated carbocycles. The molecule has 58 valence electrons. The number of hydrogen-bond acceptors (Lipinski definition) is 2. The molecule has 1 heterocycles. The second kappa shape index (κ2) is 6.66. The van der Waals surface area contributed by atoms with Gasteiger partial charge in [-0.25, -0.2) is 0 Å². The zero-order chi connectivity index (χ0) is 7.98. The second-order valence-electron chi connectivity index (χ2n) is 1.62. The molecule has 0 atom stereocenters. The Morgan fingerprint density at radius 1 is 1.40 bits per heavy atom. The van der Waals surface area contributed by atoms with Gasteiger partial charge in [0.1, 0.15) is 5.75 Å². The van der Waals surface area contributed by atoms with Gasteiger partial charge in [0.25, 0.3) is 0 Å². The van der Waals surface area contributed by atoms with Crippen LogP contribution >= 0.6 is 48.6 Å². The van der Waals surface area contributed by atoms with Crippen molar-refractivity contribution in [3.05, 3.63) is 16.3 Å². The van der Waals surface area contributed by atoms with Crippen molar-refractivity contribution in [2.24, 2.45) is 0 Å². The van der Waals surface area contributed by atoms with Crippen LogP contribution in [-0.2, 0) is 0 Å². The van der Waals surface area contributed by atoms with Crippen LogP contribution in [0.2, 0.25) is 0 Å². The fourth-order valence-corrected chi connectivity index (χ4v) is 1.35. The Morgan fingerprint density at radius 3 is 2.20 bits per heavy atom. The molecule has 1 aromatic heterocycles. The Labute approximate surface area is 88.5 Å². The SMILES string of the molecule is COc1cscc1C.II. The minimum Gasteiger partial charge on any atom is -0.496 e. The van der Waals surface area contributed by atoms with Gasteiger partial charge in [0.15, 0.2) is 0 Å². The van der Waals surface area contributed by atoms with E-state index >= 15 is 0 Å². The van der Waals surface area contributed by atoms with Crippen LogP contribution in [0.5, 0.6) is 5.75 Å². The molecule has 0 N–H and O–H groups in total. The highest BCUT2D eigenvalue weighted by molar-refractivity contribution is 15.0. The first-order valence-electron chi connectivity index (χ1n) is 2.55. The standard InChI is InChI=1S/C6H8OS.I2/c1-5-3-8-4-6(5)7-2;1-2/h3-4H,1-2H3;. The van der Waals surface area contributed by atoms with Gasteiger partial charge in [-0.2, -0.15) is 0 Å². The van der Waals surface area contributed by atoms with Crippen molar-refractivity contribution >= 4 is 48.6 Å². The third kappa shape index (κ3) is 3.38. The molecule has 0 amide bonds. The third-order valence-electron chi connectivity index (χ3n) is 1.03. The van der Waals surface area contributed by atoms with E-state index in [1.54, 1.807) is 18.4 Å². The van der Waals surface area contributed by atoms with Gasteiger partial charge in [0, 0.05) is 48.2 Å². The molecular formula is C6H8I2OS. The van der Waals surface area contributed by atoms with E-state index in [0.717, 1.165) is 5.75 Å². The lowest BCUT2D eigenvalue weighted by Crippen LogP contribution is -1.79. The molecule has 0 aromatic carbocycles. The van der Waals surface area contributed by atoms with E-state index in [-0.39, 0.29) is 0 Å². The quantitative estimate of drug-likeness (QED) is 0.671. The van der Waals surface area contributed by atoms with E-state index in [0.29, 0.717) is 0 Å². The molecular weight excluding hydrogens is 374 g/mol. The molecule has 0 aliphatic carbocycles. The minimum atomic E-state index is 0.995. The molecule has 0 fully saturated rings. The molecule has 0 saturated heterocycles. The van der Waals surface area contributed by atoms with Crippen LogP contribution in [0.1, 0.15) is 5.56 Å². The van der Waals surface area contributed by atoms with Crippen LogP contribution in [0.3, 0.4) is 0 Å². The van der Waals surface area contributed by atoms with E-state index in [9.17, 15) is 0 Å². The molecule has 4 heteroatoms. The summed E-state index contributed by atoms with van der Waals surface area (Å²) in [7, 11) is 1.69. The highest BCUT2D eigenvalue weighted by Crippen LogP contribution is 2.20. The maximum atomic E-state index is 5.00. The van der Waals surface area contributed by atoms with Crippen molar-refractivity contribution in [2.45, 2.75) is 6.92 Å². The van der Waals surface area contributed by atoms with Gasteiger partial charge < -0.3 is 4.74 Å². The largest absolute Gasteiger partial charge is 0.496 e. The number of thiophene rings is 1. The maximum absolute atomic E-state index is 5.00. The van der Waals surface area contributed by atoms with Crippen LogP contribution in [0.25, 0.3) is 0 Å². The first-order valence-corrected chi connectivity index (χ1v) is 9.78. The summed E-state index contributed by atoms with van der Waals surface area (Å²) >= 11 is 5.91. The molecule has 1 nitrogen and oxygen atoms in total. The smallest absolute Gasteiger partial charge is 0.132 e. The molecule has 0 aliphatic heterocycles. The number of methoxy groups -OCH3 is 1. The maximum Gasteiger partial charge on any atom is 0.132 e. The van der Waals surface area contributed by atoms with Crippen LogP contribution in [-0.4, -0.2) is 7.11 Å². The first-order chi connectivity index (χ1) is 4.84. The normalized spacial score (nSPS) is 8.00. The fourth-order valence-electron chi connectivity index (χ4n) is 0.558. The zero-order valence-corrected chi connectivity index (χ0v) is 10.9. The molecule has 0 spiro atoms. The van der Waals surface area contributed by atoms with E-state index in [4.69, 9.17) is 4.74 Å². The fraction of sp³-hybridized carbons (Fsp3) is 0.333. The first kappa shape index (κ1) is 11.0. The van der Waals surface area contributed by atoms with Crippen LogP contribution in [0.15, 0.2) is 10.8 Å². The Morgan fingerprint density at radius 2 is 2.00 bits per heavy atom. The van der Waals surface area contributed by atoms with Gasteiger partial charge in [-0.3, -0.25) is 0 Å². The average Bonchev–Trinajstić information content (AvgIpc) is 2.39. The summed E-state index contributed by atoms with van der Waals surface area (Å²) < 4.78 is 5.00.